The molecule has 1 heterocycles. The van der Waals surface area contributed by atoms with Crippen molar-refractivity contribution in [3.63, 3.8) is 0 Å². The molecule has 1 aliphatic heterocycles. The molecule has 0 aliphatic carbocycles. The minimum absolute atomic E-state index is 0.273. The number of rotatable bonds is 3. The van der Waals surface area contributed by atoms with Gasteiger partial charge < -0.3 is 0 Å². The number of aryl methyl sites for hydroxylation is 2. The molecule has 1 atom stereocenters. The lowest BCUT2D eigenvalue weighted by Gasteiger charge is -2.35. The SMILES string of the molecule is Cc1ccc(N2C(=O)N(c3ccc(C(F)(F)F)cc3)C(C)(C)[C@@H]2c2cccc(C)c2)cc1. The van der Waals surface area contributed by atoms with Gasteiger partial charge >= 0.3 is 12.2 Å². The van der Waals surface area contributed by atoms with Crippen molar-refractivity contribution in [2.24, 2.45) is 0 Å². The molecule has 0 unspecified atom stereocenters. The summed E-state index contributed by atoms with van der Waals surface area (Å²) in [5, 5.41) is 0. The number of nitrogens with zero attached hydrogens (tertiary/aromatic N) is 2. The third kappa shape index (κ3) is 3.74. The Labute approximate surface area is 186 Å². The zero-order chi connectivity index (χ0) is 23.3. The van der Waals surface area contributed by atoms with Crippen LogP contribution in [0.5, 0.6) is 0 Å². The third-order valence-corrected chi connectivity index (χ3v) is 6.02. The Balaban J connectivity index is 1.85. The predicted octanol–water partition coefficient (Wildman–Crippen LogP) is 7.29. The molecule has 0 bridgehead atoms. The number of alkyl halides is 3. The first kappa shape index (κ1) is 21.9. The number of benzene rings is 3. The van der Waals surface area contributed by atoms with Crippen molar-refractivity contribution in [3.05, 3.63) is 95.1 Å². The van der Waals surface area contributed by atoms with Crippen molar-refractivity contribution in [1.29, 1.82) is 0 Å². The van der Waals surface area contributed by atoms with Crippen molar-refractivity contribution < 1.29 is 18.0 Å². The van der Waals surface area contributed by atoms with Crippen LogP contribution in [0.25, 0.3) is 0 Å². The Bertz CT molecular complexity index is 1130. The zero-order valence-corrected chi connectivity index (χ0v) is 18.4. The minimum atomic E-state index is -4.43. The molecule has 0 aromatic heterocycles. The number of carbonyl (C=O) groups excluding carboxylic acids is 1. The first-order valence-electron chi connectivity index (χ1n) is 10.4. The molecule has 4 rings (SSSR count). The van der Waals surface area contributed by atoms with Gasteiger partial charge in [0.25, 0.3) is 0 Å². The third-order valence-electron chi connectivity index (χ3n) is 6.02. The average molecular weight is 438 g/mol. The van der Waals surface area contributed by atoms with Gasteiger partial charge in [-0.15, -0.1) is 0 Å². The van der Waals surface area contributed by atoms with E-state index in [9.17, 15) is 18.0 Å². The van der Waals surface area contributed by atoms with Crippen molar-refractivity contribution in [2.45, 2.75) is 45.5 Å². The summed E-state index contributed by atoms with van der Waals surface area (Å²) in [5.41, 5.74) is 2.83. The summed E-state index contributed by atoms with van der Waals surface area (Å²) in [5.74, 6) is 0. The molecule has 0 saturated carbocycles. The Hall–Kier alpha value is -3.28. The number of hydrogen-bond donors (Lipinski definition) is 0. The Kier molecular flexibility index (Phi) is 5.27. The quantitative estimate of drug-likeness (QED) is 0.421. The molecule has 2 amide bonds. The summed E-state index contributed by atoms with van der Waals surface area (Å²) in [7, 11) is 0. The second kappa shape index (κ2) is 7.69. The first-order valence-corrected chi connectivity index (χ1v) is 10.4. The van der Waals surface area contributed by atoms with E-state index in [1.54, 1.807) is 9.80 Å². The fourth-order valence-electron chi connectivity index (χ4n) is 4.51. The Morgan fingerprint density at radius 3 is 1.97 bits per heavy atom. The highest BCUT2D eigenvalue weighted by atomic mass is 19.4. The van der Waals surface area contributed by atoms with Crippen molar-refractivity contribution in [3.8, 4) is 0 Å². The number of halogens is 3. The van der Waals surface area contributed by atoms with Gasteiger partial charge in [-0.05, 0) is 69.7 Å². The molecular formula is C26H25F3N2O. The Morgan fingerprint density at radius 2 is 1.41 bits per heavy atom. The molecule has 1 fully saturated rings. The van der Waals surface area contributed by atoms with E-state index in [0.717, 1.165) is 34.5 Å². The molecule has 32 heavy (non-hydrogen) atoms. The van der Waals surface area contributed by atoms with Crippen molar-refractivity contribution in [1.82, 2.24) is 0 Å². The van der Waals surface area contributed by atoms with Gasteiger partial charge in [0.05, 0.1) is 17.1 Å². The van der Waals surface area contributed by atoms with E-state index in [1.165, 1.54) is 12.1 Å². The van der Waals surface area contributed by atoms with Crippen LogP contribution in [-0.4, -0.2) is 11.6 Å². The number of anilines is 2. The fraction of sp³-hybridized carbons (Fsp3) is 0.269. The molecule has 166 valence electrons. The molecule has 0 spiro atoms. The Morgan fingerprint density at radius 1 is 0.812 bits per heavy atom. The van der Waals surface area contributed by atoms with E-state index in [0.29, 0.717) is 5.69 Å². The molecule has 1 aliphatic rings. The van der Waals surface area contributed by atoms with Crippen LogP contribution in [0.1, 0.15) is 42.1 Å². The van der Waals surface area contributed by atoms with Crippen LogP contribution in [0.2, 0.25) is 0 Å². The fourth-order valence-corrected chi connectivity index (χ4v) is 4.51. The normalized spacial score (nSPS) is 18.3. The van der Waals surface area contributed by atoms with Crippen LogP contribution < -0.4 is 9.80 Å². The second-order valence-electron chi connectivity index (χ2n) is 8.84. The summed E-state index contributed by atoms with van der Waals surface area (Å²) < 4.78 is 39.2. The van der Waals surface area contributed by atoms with Gasteiger partial charge in [0.15, 0.2) is 0 Å². The minimum Gasteiger partial charge on any atom is -0.286 e. The maximum absolute atomic E-state index is 13.8. The van der Waals surface area contributed by atoms with E-state index < -0.39 is 17.3 Å². The van der Waals surface area contributed by atoms with Gasteiger partial charge in [-0.1, -0.05) is 47.5 Å². The summed E-state index contributed by atoms with van der Waals surface area (Å²) in [6, 6.07) is 19.9. The topological polar surface area (TPSA) is 23.6 Å². The summed E-state index contributed by atoms with van der Waals surface area (Å²) >= 11 is 0. The standard InChI is InChI=1S/C26H25F3N2O/c1-17-8-12-21(13-9-17)30-23(19-7-5-6-18(2)16-19)25(3,4)31(24(30)32)22-14-10-20(11-15-22)26(27,28)29/h5-16,23H,1-4H3/t23-/m0/s1. The highest BCUT2D eigenvalue weighted by Crippen LogP contribution is 2.48. The highest BCUT2D eigenvalue weighted by molar-refractivity contribution is 6.08. The largest absolute Gasteiger partial charge is 0.416 e. The molecule has 0 radical (unpaired) electrons. The number of carbonyl (C=O) groups is 1. The van der Waals surface area contributed by atoms with Crippen LogP contribution in [-0.2, 0) is 6.18 Å². The van der Waals surface area contributed by atoms with Crippen molar-refractivity contribution >= 4 is 17.4 Å². The number of hydrogen-bond acceptors (Lipinski definition) is 1. The lowest BCUT2D eigenvalue weighted by atomic mass is 9.87. The smallest absolute Gasteiger partial charge is 0.286 e. The lowest BCUT2D eigenvalue weighted by molar-refractivity contribution is -0.137. The van der Waals surface area contributed by atoms with Crippen molar-refractivity contribution in [2.75, 3.05) is 9.80 Å². The summed E-state index contributed by atoms with van der Waals surface area (Å²) in [6.45, 7) is 7.87. The van der Waals surface area contributed by atoms with E-state index in [4.69, 9.17) is 0 Å². The zero-order valence-electron chi connectivity index (χ0n) is 18.4. The number of urea groups is 1. The van der Waals surface area contributed by atoms with Crippen LogP contribution in [0.4, 0.5) is 29.3 Å². The van der Waals surface area contributed by atoms with Gasteiger partial charge in [0.2, 0.25) is 0 Å². The van der Waals surface area contributed by atoms with E-state index in [2.05, 4.69) is 6.07 Å². The summed E-state index contributed by atoms with van der Waals surface area (Å²) in [4.78, 5) is 17.1. The van der Waals surface area contributed by atoms with Gasteiger partial charge in [0, 0.05) is 11.4 Å². The maximum atomic E-state index is 13.8. The number of amides is 2. The van der Waals surface area contributed by atoms with Gasteiger partial charge in [0.1, 0.15) is 0 Å². The van der Waals surface area contributed by atoms with E-state index >= 15 is 0 Å². The van der Waals surface area contributed by atoms with Crippen LogP contribution in [0.15, 0.2) is 72.8 Å². The first-order chi connectivity index (χ1) is 15.0. The maximum Gasteiger partial charge on any atom is 0.416 e. The van der Waals surface area contributed by atoms with Gasteiger partial charge in [-0.3, -0.25) is 9.80 Å². The molecule has 3 nitrogen and oxygen atoms in total. The molecule has 3 aromatic carbocycles. The predicted molar refractivity (Wildman–Crippen MR) is 121 cm³/mol. The van der Waals surface area contributed by atoms with E-state index in [-0.39, 0.29) is 12.1 Å². The molecule has 3 aromatic rings. The monoisotopic (exact) mass is 438 g/mol. The van der Waals surface area contributed by atoms with Crippen LogP contribution in [0.3, 0.4) is 0 Å². The molecule has 1 saturated heterocycles. The molecular weight excluding hydrogens is 413 g/mol. The van der Waals surface area contributed by atoms with E-state index in [1.807, 2.05) is 70.2 Å². The summed E-state index contributed by atoms with van der Waals surface area (Å²) in [6.07, 6.45) is -4.43. The lowest BCUT2D eigenvalue weighted by Crippen LogP contribution is -2.43. The molecule has 6 heteroatoms. The van der Waals surface area contributed by atoms with Gasteiger partial charge in [-0.25, -0.2) is 4.79 Å². The average Bonchev–Trinajstić information content (AvgIpc) is 2.93. The van der Waals surface area contributed by atoms with Crippen LogP contribution >= 0.6 is 0 Å². The highest BCUT2D eigenvalue weighted by Gasteiger charge is 2.53. The van der Waals surface area contributed by atoms with Gasteiger partial charge in [-0.2, -0.15) is 13.2 Å². The second-order valence-corrected chi connectivity index (χ2v) is 8.84. The molecule has 0 N–H and O–H groups in total. The van der Waals surface area contributed by atoms with Crippen LogP contribution in [0, 0.1) is 13.8 Å².